The summed E-state index contributed by atoms with van der Waals surface area (Å²) < 4.78 is 0. The summed E-state index contributed by atoms with van der Waals surface area (Å²) in [6.07, 6.45) is 1.95. The lowest BCUT2D eigenvalue weighted by Crippen LogP contribution is -1.89. The highest BCUT2D eigenvalue weighted by atomic mass is 14.7. The van der Waals surface area contributed by atoms with Crippen LogP contribution in [0.25, 0.3) is 22.0 Å². The van der Waals surface area contributed by atoms with Crippen LogP contribution in [0.4, 0.5) is 0 Å². The molecule has 0 unspecified atom stereocenters. The van der Waals surface area contributed by atoms with Crippen LogP contribution in [0.1, 0.15) is 25.3 Å². The van der Waals surface area contributed by atoms with E-state index in [1.165, 1.54) is 21.9 Å². The van der Waals surface area contributed by atoms with Gasteiger partial charge in [0.15, 0.2) is 0 Å². The molecule has 0 aliphatic carbocycles. The van der Waals surface area contributed by atoms with Crippen LogP contribution >= 0.6 is 0 Å². The van der Waals surface area contributed by atoms with E-state index in [0.29, 0.717) is 5.92 Å². The lowest BCUT2D eigenvalue weighted by molar-refractivity contribution is 0.867. The van der Waals surface area contributed by atoms with Gasteiger partial charge in [-0.3, -0.25) is 4.98 Å². The van der Waals surface area contributed by atoms with Crippen LogP contribution in [0, 0.1) is 0 Å². The molecule has 0 aliphatic heterocycles. The zero-order chi connectivity index (χ0) is 13.2. The van der Waals surface area contributed by atoms with E-state index in [2.05, 4.69) is 67.4 Å². The number of fused-ring (bicyclic) bond motifs is 1. The van der Waals surface area contributed by atoms with Gasteiger partial charge >= 0.3 is 0 Å². The zero-order valence-electron chi connectivity index (χ0n) is 11.3. The second kappa shape index (κ2) is 4.85. The second-order valence-corrected chi connectivity index (χ2v) is 5.20. The van der Waals surface area contributed by atoms with Crippen LogP contribution in [-0.2, 0) is 0 Å². The van der Waals surface area contributed by atoms with E-state index in [-0.39, 0.29) is 0 Å². The Morgan fingerprint density at radius 2 is 1.63 bits per heavy atom. The summed E-state index contributed by atoms with van der Waals surface area (Å²) >= 11 is 0. The molecule has 3 rings (SSSR count). The fourth-order valence-corrected chi connectivity index (χ4v) is 2.30. The Hall–Kier alpha value is -2.15. The Morgan fingerprint density at radius 1 is 0.842 bits per heavy atom. The topological polar surface area (TPSA) is 12.9 Å². The van der Waals surface area contributed by atoms with E-state index in [1.807, 2.05) is 12.3 Å². The maximum absolute atomic E-state index is 4.58. The molecule has 0 bridgehead atoms. The standard InChI is InChI=1S/C18H17N/c1-13(2)14-8-5-9-16(10-14)18-11-15-6-3-4-7-17(15)12-19-18/h3-13H,1-2H3. The molecule has 94 valence electrons. The van der Waals surface area contributed by atoms with Gasteiger partial charge in [-0.1, -0.05) is 56.3 Å². The first kappa shape index (κ1) is 11.9. The van der Waals surface area contributed by atoms with Crippen molar-refractivity contribution >= 4 is 10.8 Å². The third-order valence-corrected chi connectivity index (χ3v) is 3.48. The number of pyridine rings is 1. The van der Waals surface area contributed by atoms with Crippen LogP contribution in [0.5, 0.6) is 0 Å². The van der Waals surface area contributed by atoms with Gasteiger partial charge in [-0.15, -0.1) is 0 Å². The van der Waals surface area contributed by atoms with E-state index >= 15 is 0 Å². The summed E-state index contributed by atoms with van der Waals surface area (Å²) in [5.41, 5.74) is 3.59. The van der Waals surface area contributed by atoms with Crippen molar-refractivity contribution < 1.29 is 0 Å². The van der Waals surface area contributed by atoms with Crippen molar-refractivity contribution in [1.82, 2.24) is 4.98 Å². The van der Waals surface area contributed by atoms with Crippen LogP contribution in [0.15, 0.2) is 60.8 Å². The number of benzene rings is 2. The van der Waals surface area contributed by atoms with E-state index in [0.717, 1.165) is 5.69 Å². The lowest BCUT2D eigenvalue weighted by atomic mass is 9.99. The van der Waals surface area contributed by atoms with Crippen LogP contribution in [0.2, 0.25) is 0 Å². The number of aromatic nitrogens is 1. The molecule has 0 atom stereocenters. The number of hydrogen-bond donors (Lipinski definition) is 0. The first-order valence-electron chi connectivity index (χ1n) is 6.69. The fourth-order valence-electron chi connectivity index (χ4n) is 2.30. The summed E-state index contributed by atoms with van der Waals surface area (Å²) in [6, 6.07) is 19.2. The lowest BCUT2D eigenvalue weighted by Gasteiger charge is -2.08. The van der Waals surface area contributed by atoms with Crippen molar-refractivity contribution in [3.05, 3.63) is 66.4 Å². The minimum Gasteiger partial charge on any atom is -0.256 e. The highest BCUT2D eigenvalue weighted by Gasteiger charge is 2.04. The predicted molar refractivity (Wildman–Crippen MR) is 81.3 cm³/mol. The largest absolute Gasteiger partial charge is 0.256 e. The van der Waals surface area contributed by atoms with Gasteiger partial charge in [0.1, 0.15) is 0 Å². The summed E-state index contributed by atoms with van der Waals surface area (Å²) in [6.45, 7) is 4.43. The molecular formula is C18H17N. The van der Waals surface area contributed by atoms with Gasteiger partial charge in [0.05, 0.1) is 5.69 Å². The van der Waals surface area contributed by atoms with Gasteiger partial charge in [-0.05, 0) is 29.0 Å². The maximum Gasteiger partial charge on any atom is 0.0708 e. The molecule has 1 heteroatoms. The monoisotopic (exact) mass is 247 g/mol. The smallest absolute Gasteiger partial charge is 0.0708 e. The van der Waals surface area contributed by atoms with Gasteiger partial charge < -0.3 is 0 Å². The zero-order valence-corrected chi connectivity index (χ0v) is 11.3. The summed E-state index contributed by atoms with van der Waals surface area (Å²) in [7, 11) is 0. The van der Waals surface area contributed by atoms with E-state index in [9.17, 15) is 0 Å². The maximum atomic E-state index is 4.58. The van der Waals surface area contributed by atoms with Crippen molar-refractivity contribution in [3.63, 3.8) is 0 Å². The summed E-state index contributed by atoms with van der Waals surface area (Å²) in [5, 5.41) is 2.42. The molecule has 3 aromatic rings. The first-order chi connectivity index (χ1) is 9.24. The van der Waals surface area contributed by atoms with Gasteiger partial charge in [-0.2, -0.15) is 0 Å². The van der Waals surface area contributed by atoms with E-state index < -0.39 is 0 Å². The Balaban J connectivity index is 2.11. The molecule has 1 nitrogen and oxygen atoms in total. The Bertz CT molecular complexity index is 713. The highest BCUT2D eigenvalue weighted by Crippen LogP contribution is 2.25. The number of nitrogens with zero attached hydrogens (tertiary/aromatic N) is 1. The fraction of sp³-hybridized carbons (Fsp3) is 0.167. The third-order valence-electron chi connectivity index (χ3n) is 3.48. The van der Waals surface area contributed by atoms with Gasteiger partial charge in [0, 0.05) is 17.1 Å². The summed E-state index contributed by atoms with van der Waals surface area (Å²) in [4.78, 5) is 4.58. The van der Waals surface area contributed by atoms with Crippen LogP contribution in [-0.4, -0.2) is 4.98 Å². The Morgan fingerprint density at radius 3 is 2.42 bits per heavy atom. The normalized spacial score (nSPS) is 11.1. The molecule has 0 aliphatic rings. The summed E-state index contributed by atoms with van der Waals surface area (Å²) in [5.74, 6) is 0.542. The molecule has 1 aromatic heterocycles. The van der Waals surface area contributed by atoms with Gasteiger partial charge in [0.25, 0.3) is 0 Å². The molecule has 0 saturated heterocycles. The molecule has 0 saturated carbocycles. The molecule has 0 N–H and O–H groups in total. The Kier molecular flexibility index (Phi) is 3.04. The number of rotatable bonds is 2. The molecular weight excluding hydrogens is 230 g/mol. The van der Waals surface area contributed by atoms with Crippen molar-refractivity contribution in [2.24, 2.45) is 0 Å². The molecule has 2 aromatic carbocycles. The van der Waals surface area contributed by atoms with Crippen molar-refractivity contribution in [2.75, 3.05) is 0 Å². The SMILES string of the molecule is CC(C)c1cccc(-c2cc3ccccc3cn2)c1. The molecule has 19 heavy (non-hydrogen) atoms. The molecule has 0 fully saturated rings. The minimum atomic E-state index is 0.542. The average Bonchev–Trinajstić information content (AvgIpc) is 2.47. The first-order valence-corrected chi connectivity index (χ1v) is 6.69. The molecule has 0 amide bonds. The quantitative estimate of drug-likeness (QED) is 0.619. The van der Waals surface area contributed by atoms with Crippen molar-refractivity contribution in [2.45, 2.75) is 19.8 Å². The van der Waals surface area contributed by atoms with Gasteiger partial charge in [-0.25, -0.2) is 0 Å². The van der Waals surface area contributed by atoms with E-state index in [4.69, 9.17) is 0 Å². The molecule has 0 spiro atoms. The second-order valence-electron chi connectivity index (χ2n) is 5.20. The molecule has 1 heterocycles. The highest BCUT2D eigenvalue weighted by molar-refractivity contribution is 5.85. The minimum absolute atomic E-state index is 0.542. The van der Waals surface area contributed by atoms with Crippen LogP contribution < -0.4 is 0 Å². The number of hydrogen-bond acceptors (Lipinski definition) is 1. The van der Waals surface area contributed by atoms with Crippen molar-refractivity contribution in [3.8, 4) is 11.3 Å². The third kappa shape index (κ3) is 2.37. The Labute approximate surface area is 113 Å². The van der Waals surface area contributed by atoms with E-state index in [1.54, 1.807) is 0 Å². The predicted octanol–water partition coefficient (Wildman–Crippen LogP) is 5.03. The average molecular weight is 247 g/mol. The molecule has 0 radical (unpaired) electrons. The van der Waals surface area contributed by atoms with Gasteiger partial charge in [0.2, 0.25) is 0 Å². The van der Waals surface area contributed by atoms with Crippen LogP contribution in [0.3, 0.4) is 0 Å². The van der Waals surface area contributed by atoms with Crippen molar-refractivity contribution in [1.29, 1.82) is 0 Å².